The maximum absolute atomic E-state index is 12.8. The molecule has 0 fully saturated rings. The molecule has 26 heavy (non-hydrogen) atoms. The monoisotopic (exact) mass is 348 g/mol. The number of para-hydroxylation sites is 1. The third-order valence-electron chi connectivity index (χ3n) is 4.85. The lowest BCUT2D eigenvalue weighted by molar-refractivity contribution is -0.129. The first kappa shape index (κ1) is 17.9. The number of amides is 2. The molecule has 0 radical (unpaired) electrons. The van der Waals surface area contributed by atoms with Crippen LogP contribution in [0.2, 0.25) is 0 Å². The molecule has 2 aromatic rings. The lowest BCUT2D eigenvalue weighted by Gasteiger charge is -2.32. The molecule has 4 nitrogen and oxygen atoms in total. The zero-order valence-corrected chi connectivity index (χ0v) is 15.5. The van der Waals surface area contributed by atoms with Crippen LogP contribution in [0.25, 0.3) is 6.08 Å². The Bertz CT molecular complexity index is 870. The van der Waals surface area contributed by atoms with E-state index in [4.69, 9.17) is 0 Å². The summed E-state index contributed by atoms with van der Waals surface area (Å²) in [7, 11) is 0. The average molecular weight is 348 g/mol. The Hall–Kier alpha value is -2.88. The van der Waals surface area contributed by atoms with Gasteiger partial charge in [0.25, 0.3) is 0 Å². The normalized spacial score (nSPS) is 15.5. The first-order valence-corrected chi connectivity index (χ1v) is 8.95. The Morgan fingerprint density at radius 3 is 2.62 bits per heavy atom. The van der Waals surface area contributed by atoms with Crippen molar-refractivity contribution in [3.63, 3.8) is 0 Å². The lowest BCUT2D eigenvalue weighted by atomic mass is 9.93. The largest absolute Gasteiger partial charge is 0.326 e. The lowest BCUT2D eigenvalue weighted by Crippen LogP contribution is -2.33. The van der Waals surface area contributed by atoms with Crippen LogP contribution in [0.5, 0.6) is 0 Å². The number of benzene rings is 2. The van der Waals surface area contributed by atoms with Gasteiger partial charge in [0.2, 0.25) is 11.8 Å². The van der Waals surface area contributed by atoms with Gasteiger partial charge in [-0.2, -0.15) is 0 Å². The number of hydrogen-bond donors (Lipinski definition) is 1. The van der Waals surface area contributed by atoms with Crippen molar-refractivity contribution in [2.24, 2.45) is 0 Å². The summed E-state index contributed by atoms with van der Waals surface area (Å²) in [5.41, 5.74) is 5.10. The van der Waals surface area contributed by atoms with Gasteiger partial charge >= 0.3 is 0 Å². The number of carbonyl (C=O) groups is 2. The Labute approximate surface area is 154 Å². The third kappa shape index (κ3) is 3.54. The van der Waals surface area contributed by atoms with E-state index in [-0.39, 0.29) is 24.3 Å². The molecule has 1 heterocycles. The second-order valence-corrected chi connectivity index (χ2v) is 6.60. The van der Waals surface area contributed by atoms with Gasteiger partial charge in [-0.1, -0.05) is 49.4 Å². The second kappa shape index (κ2) is 7.56. The molecule has 1 aliphatic heterocycles. The molecule has 3 rings (SSSR count). The van der Waals surface area contributed by atoms with Gasteiger partial charge in [0, 0.05) is 18.8 Å². The third-order valence-corrected chi connectivity index (χ3v) is 4.85. The van der Waals surface area contributed by atoms with Gasteiger partial charge in [0.1, 0.15) is 0 Å². The van der Waals surface area contributed by atoms with E-state index < -0.39 is 0 Å². The van der Waals surface area contributed by atoms with E-state index in [1.807, 2.05) is 55.5 Å². The highest BCUT2D eigenvalue weighted by molar-refractivity contribution is 5.93. The topological polar surface area (TPSA) is 49.4 Å². The number of nitrogens with zero attached hydrogens (tertiary/aromatic N) is 1. The summed E-state index contributed by atoms with van der Waals surface area (Å²) >= 11 is 0. The van der Waals surface area contributed by atoms with Crippen molar-refractivity contribution < 1.29 is 9.59 Å². The van der Waals surface area contributed by atoms with E-state index in [0.29, 0.717) is 0 Å². The van der Waals surface area contributed by atoms with Crippen LogP contribution in [0.3, 0.4) is 0 Å². The summed E-state index contributed by atoms with van der Waals surface area (Å²) in [6.07, 6.45) is 4.76. The van der Waals surface area contributed by atoms with Crippen LogP contribution in [-0.2, 0) is 16.0 Å². The maximum atomic E-state index is 12.8. The fourth-order valence-corrected chi connectivity index (χ4v) is 3.48. The predicted molar refractivity (Wildman–Crippen MR) is 105 cm³/mol. The second-order valence-electron chi connectivity index (χ2n) is 6.60. The number of carbonyl (C=O) groups excluding carboxylic acids is 2. The summed E-state index contributed by atoms with van der Waals surface area (Å²) in [5, 5.41) is 3.07. The highest BCUT2D eigenvalue weighted by atomic mass is 16.2. The molecule has 0 bridgehead atoms. The Morgan fingerprint density at radius 2 is 1.88 bits per heavy atom. The van der Waals surface area contributed by atoms with Crippen LogP contribution in [-0.4, -0.2) is 16.7 Å². The smallest absolute Gasteiger partial charge is 0.226 e. The first-order valence-electron chi connectivity index (χ1n) is 8.95. The number of hydrogen-bond acceptors (Lipinski definition) is 2. The minimum absolute atomic E-state index is 0.0707. The van der Waals surface area contributed by atoms with Crippen molar-refractivity contribution in [1.82, 2.24) is 4.90 Å². The molecule has 0 saturated heterocycles. The van der Waals surface area contributed by atoms with E-state index >= 15 is 0 Å². The summed E-state index contributed by atoms with van der Waals surface area (Å²) in [6, 6.07) is 13.6. The van der Waals surface area contributed by atoms with Crippen molar-refractivity contribution in [3.05, 3.63) is 70.9 Å². The van der Waals surface area contributed by atoms with E-state index in [2.05, 4.69) is 12.2 Å². The van der Waals surface area contributed by atoms with E-state index in [9.17, 15) is 9.59 Å². The molecule has 2 aromatic carbocycles. The van der Waals surface area contributed by atoms with Crippen molar-refractivity contribution in [2.45, 2.75) is 39.7 Å². The molecule has 4 heteroatoms. The molecule has 0 unspecified atom stereocenters. The summed E-state index contributed by atoms with van der Waals surface area (Å²) < 4.78 is 0. The summed E-state index contributed by atoms with van der Waals surface area (Å²) in [6.45, 7) is 5.60. The van der Waals surface area contributed by atoms with Crippen LogP contribution >= 0.6 is 0 Å². The molecule has 1 atom stereocenters. The highest BCUT2D eigenvalue weighted by Crippen LogP contribution is 2.33. The molecule has 0 aromatic heterocycles. The Kier molecular flexibility index (Phi) is 5.21. The molecule has 1 aliphatic rings. The zero-order valence-electron chi connectivity index (χ0n) is 15.5. The van der Waals surface area contributed by atoms with Gasteiger partial charge < -0.3 is 10.2 Å². The standard InChI is InChI=1S/C22H24N2O2/c1-4-17-10-7-8-15(2)22(17)23-21(26)14-20-19-11-6-5-9-18(19)12-13-24(20)16(3)25/h5-13,20H,4,14H2,1-3H3,(H,23,26)/t20-/m0/s1. The molecule has 0 saturated carbocycles. The molecule has 134 valence electrons. The minimum Gasteiger partial charge on any atom is -0.326 e. The Balaban J connectivity index is 1.86. The van der Waals surface area contributed by atoms with E-state index in [1.165, 1.54) is 6.92 Å². The van der Waals surface area contributed by atoms with Gasteiger partial charge in [0.15, 0.2) is 0 Å². The van der Waals surface area contributed by atoms with Gasteiger partial charge in [-0.25, -0.2) is 0 Å². The van der Waals surface area contributed by atoms with Crippen LogP contribution in [0.15, 0.2) is 48.7 Å². The first-order chi connectivity index (χ1) is 12.5. The van der Waals surface area contributed by atoms with Gasteiger partial charge in [0.05, 0.1) is 12.5 Å². The maximum Gasteiger partial charge on any atom is 0.226 e. The minimum atomic E-state index is -0.289. The number of aryl methyl sites for hydroxylation is 2. The fourth-order valence-electron chi connectivity index (χ4n) is 3.48. The van der Waals surface area contributed by atoms with Gasteiger partial charge in [-0.3, -0.25) is 9.59 Å². The number of anilines is 1. The van der Waals surface area contributed by atoms with E-state index in [0.717, 1.165) is 34.4 Å². The van der Waals surface area contributed by atoms with Crippen molar-refractivity contribution in [3.8, 4) is 0 Å². The number of rotatable bonds is 4. The molecular formula is C22H24N2O2. The quantitative estimate of drug-likeness (QED) is 0.887. The SMILES string of the molecule is CCc1cccc(C)c1NC(=O)C[C@H]1c2ccccc2C=CN1C(C)=O. The molecule has 0 aliphatic carbocycles. The molecular weight excluding hydrogens is 324 g/mol. The highest BCUT2D eigenvalue weighted by Gasteiger charge is 2.28. The molecule has 0 spiro atoms. The van der Waals surface area contributed by atoms with Gasteiger partial charge in [-0.05, 0) is 41.7 Å². The molecule has 2 amide bonds. The van der Waals surface area contributed by atoms with Crippen LogP contribution in [0.1, 0.15) is 48.6 Å². The van der Waals surface area contributed by atoms with Gasteiger partial charge in [-0.15, -0.1) is 0 Å². The van der Waals surface area contributed by atoms with Crippen LogP contribution < -0.4 is 5.32 Å². The van der Waals surface area contributed by atoms with E-state index in [1.54, 1.807) is 11.1 Å². The summed E-state index contributed by atoms with van der Waals surface area (Å²) in [4.78, 5) is 26.5. The van der Waals surface area contributed by atoms with Crippen molar-refractivity contribution in [1.29, 1.82) is 0 Å². The van der Waals surface area contributed by atoms with Crippen molar-refractivity contribution >= 4 is 23.6 Å². The molecule has 1 N–H and O–H groups in total. The van der Waals surface area contributed by atoms with Crippen LogP contribution in [0, 0.1) is 6.92 Å². The predicted octanol–water partition coefficient (Wildman–Crippen LogP) is 4.46. The Morgan fingerprint density at radius 1 is 1.12 bits per heavy atom. The summed E-state index contributed by atoms with van der Waals surface area (Å²) in [5.74, 6) is -0.158. The van der Waals surface area contributed by atoms with Crippen molar-refractivity contribution in [2.75, 3.05) is 5.32 Å². The zero-order chi connectivity index (χ0) is 18.7. The van der Waals surface area contributed by atoms with Crippen LogP contribution in [0.4, 0.5) is 5.69 Å². The number of nitrogens with one attached hydrogen (secondary N) is 1. The number of fused-ring (bicyclic) bond motifs is 1. The average Bonchev–Trinajstić information content (AvgIpc) is 2.63. The fraction of sp³-hybridized carbons (Fsp3) is 0.273.